The van der Waals surface area contributed by atoms with Gasteiger partial charge in [0.25, 0.3) is 11.8 Å². The van der Waals surface area contributed by atoms with Gasteiger partial charge in [0.2, 0.25) is 6.79 Å². The molecule has 1 aliphatic rings. The van der Waals surface area contributed by atoms with Gasteiger partial charge in [0.05, 0.1) is 17.3 Å². The van der Waals surface area contributed by atoms with Gasteiger partial charge in [0.15, 0.2) is 18.1 Å². The highest BCUT2D eigenvalue weighted by molar-refractivity contribution is 6.04. The molecule has 0 saturated carbocycles. The van der Waals surface area contributed by atoms with Crippen LogP contribution in [0.2, 0.25) is 0 Å². The Kier molecular flexibility index (Phi) is 6.03. The second-order valence-corrected chi connectivity index (χ2v) is 7.00. The van der Waals surface area contributed by atoms with Crippen molar-refractivity contribution >= 4 is 17.5 Å². The molecule has 7 nitrogen and oxygen atoms in total. The topological polar surface area (TPSA) is 85.9 Å². The Balaban J connectivity index is 1.37. The molecule has 0 aromatic heterocycles. The average molecular weight is 418 g/mol. The van der Waals surface area contributed by atoms with E-state index in [0.717, 1.165) is 5.56 Å². The Bertz CT molecular complexity index is 1080. The summed E-state index contributed by atoms with van der Waals surface area (Å²) in [6.45, 7) is 1.87. The third-order valence-corrected chi connectivity index (χ3v) is 4.81. The number of para-hydroxylation sites is 1. The van der Waals surface area contributed by atoms with E-state index in [-0.39, 0.29) is 31.3 Å². The Morgan fingerprint density at radius 3 is 2.55 bits per heavy atom. The van der Waals surface area contributed by atoms with Crippen LogP contribution in [0.25, 0.3) is 0 Å². The highest BCUT2D eigenvalue weighted by atomic mass is 16.7. The van der Waals surface area contributed by atoms with Gasteiger partial charge in [-0.3, -0.25) is 9.59 Å². The highest BCUT2D eigenvalue weighted by Gasteiger charge is 2.17. The molecule has 0 radical (unpaired) electrons. The van der Waals surface area contributed by atoms with Crippen LogP contribution in [0.5, 0.6) is 17.2 Å². The zero-order chi connectivity index (χ0) is 21.6. The van der Waals surface area contributed by atoms with Gasteiger partial charge in [-0.2, -0.15) is 0 Å². The van der Waals surface area contributed by atoms with E-state index in [1.165, 1.54) is 0 Å². The Morgan fingerprint density at radius 2 is 1.71 bits per heavy atom. The fourth-order valence-electron chi connectivity index (χ4n) is 3.19. The first-order valence-corrected chi connectivity index (χ1v) is 9.87. The van der Waals surface area contributed by atoms with Gasteiger partial charge >= 0.3 is 0 Å². The summed E-state index contributed by atoms with van der Waals surface area (Å²) in [5, 5.41) is 5.71. The van der Waals surface area contributed by atoms with Gasteiger partial charge in [-0.05, 0) is 36.8 Å². The van der Waals surface area contributed by atoms with Crippen LogP contribution < -0.4 is 24.8 Å². The van der Waals surface area contributed by atoms with Crippen molar-refractivity contribution in [3.63, 3.8) is 0 Å². The van der Waals surface area contributed by atoms with Crippen LogP contribution in [0.4, 0.5) is 5.69 Å². The smallest absolute Gasteiger partial charge is 0.262 e. The lowest BCUT2D eigenvalue weighted by Crippen LogP contribution is -2.28. The molecule has 2 amide bonds. The van der Waals surface area contributed by atoms with Crippen LogP contribution in [0.1, 0.15) is 28.9 Å². The van der Waals surface area contributed by atoms with E-state index in [2.05, 4.69) is 10.6 Å². The van der Waals surface area contributed by atoms with E-state index in [1.807, 2.05) is 37.3 Å². The zero-order valence-electron chi connectivity index (χ0n) is 17.0. The fraction of sp³-hybridized carbons (Fsp3) is 0.167. The molecule has 1 aliphatic heterocycles. The lowest BCUT2D eigenvalue weighted by atomic mass is 10.1. The number of ether oxygens (including phenoxy) is 3. The Morgan fingerprint density at radius 1 is 0.968 bits per heavy atom. The summed E-state index contributed by atoms with van der Waals surface area (Å²) >= 11 is 0. The first-order valence-electron chi connectivity index (χ1n) is 9.87. The number of hydrogen-bond acceptors (Lipinski definition) is 5. The number of rotatable bonds is 7. The van der Waals surface area contributed by atoms with Crippen molar-refractivity contribution in [1.29, 1.82) is 0 Å². The summed E-state index contributed by atoms with van der Waals surface area (Å²) < 4.78 is 16.1. The van der Waals surface area contributed by atoms with Crippen molar-refractivity contribution in [2.75, 3.05) is 18.7 Å². The van der Waals surface area contributed by atoms with E-state index in [9.17, 15) is 9.59 Å². The van der Waals surface area contributed by atoms with Crippen LogP contribution in [-0.4, -0.2) is 25.2 Å². The molecule has 0 unspecified atom stereocenters. The van der Waals surface area contributed by atoms with Gasteiger partial charge in [-0.1, -0.05) is 42.5 Å². The third-order valence-electron chi connectivity index (χ3n) is 4.81. The van der Waals surface area contributed by atoms with E-state index in [0.29, 0.717) is 28.5 Å². The van der Waals surface area contributed by atoms with Crippen molar-refractivity contribution in [3.05, 3.63) is 83.9 Å². The standard InChI is InChI=1S/C24H22N2O5/c1-16(17-7-3-2-4-8-17)25-24(28)19-9-5-6-10-20(19)26-23(27)14-29-18-11-12-21-22(13-18)31-15-30-21/h2-13,16H,14-15H2,1H3,(H,25,28)(H,26,27)/t16-/m1/s1. The van der Waals surface area contributed by atoms with Gasteiger partial charge in [0, 0.05) is 6.07 Å². The maximum Gasteiger partial charge on any atom is 0.262 e. The summed E-state index contributed by atoms with van der Waals surface area (Å²) in [5.74, 6) is 1.05. The monoisotopic (exact) mass is 418 g/mol. The van der Waals surface area contributed by atoms with E-state index in [1.54, 1.807) is 42.5 Å². The molecular formula is C24H22N2O5. The summed E-state index contributed by atoms with van der Waals surface area (Å²) in [6.07, 6.45) is 0. The molecule has 2 N–H and O–H groups in total. The summed E-state index contributed by atoms with van der Waals surface area (Å²) in [5.41, 5.74) is 1.79. The minimum absolute atomic E-state index is 0.168. The van der Waals surface area contributed by atoms with Crippen molar-refractivity contribution in [1.82, 2.24) is 5.32 Å². The average Bonchev–Trinajstić information content (AvgIpc) is 3.26. The summed E-state index contributed by atoms with van der Waals surface area (Å²) in [6, 6.07) is 21.4. The van der Waals surface area contributed by atoms with E-state index >= 15 is 0 Å². The minimum atomic E-state index is -0.381. The molecule has 7 heteroatoms. The number of nitrogens with one attached hydrogen (secondary N) is 2. The highest BCUT2D eigenvalue weighted by Crippen LogP contribution is 2.35. The molecule has 1 heterocycles. The largest absolute Gasteiger partial charge is 0.484 e. The number of fused-ring (bicyclic) bond motifs is 1. The SMILES string of the molecule is C[C@@H](NC(=O)c1ccccc1NC(=O)COc1ccc2c(c1)OCO2)c1ccccc1. The van der Waals surface area contributed by atoms with E-state index < -0.39 is 0 Å². The van der Waals surface area contributed by atoms with Gasteiger partial charge in [0.1, 0.15) is 5.75 Å². The van der Waals surface area contributed by atoms with E-state index in [4.69, 9.17) is 14.2 Å². The second-order valence-electron chi connectivity index (χ2n) is 7.00. The molecule has 3 aromatic carbocycles. The first kappa shape index (κ1) is 20.3. The van der Waals surface area contributed by atoms with Gasteiger partial charge in [-0.15, -0.1) is 0 Å². The number of carbonyl (C=O) groups is 2. The molecule has 158 valence electrons. The Hall–Kier alpha value is -4.00. The number of hydrogen-bond donors (Lipinski definition) is 2. The van der Waals surface area contributed by atoms with Crippen molar-refractivity contribution in [3.8, 4) is 17.2 Å². The predicted molar refractivity (Wildman–Crippen MR) is 115 cm³/mol. The zero-order valence-corrected chi connectivity index (χ0v) is 17.0. The van der Waals surface area contributed by atoms with Crippen molar-refractivity contribution < 1.29 is 23.8 Å². The van der Waals surface area contributed by atoms with Crippen LogP contribution in [0.3, 0.4) is 0 Å². The molecule has 1 atom stereocenters. The second kappa shape index (κ2) is 9.21. The van der Waals surface area contributed by atoms with Crippen LogP contribution in [0.15, 0.2) is 72.8 Å². The molecule has 0 saturated heterocycles. The third kappa shape index (κ3) is 4.95. The van der Waals surface area contributed by atoms with Crippen LogP contribution >= 0.6 is 0 Å². The van der Waals surface area contributed by atoms with Crippen LogP contribution in [0, 0.1) is 0 Å². The molecule has 0 bridgehead atoms. The summed E-state index contributed by atoms with van der Waals surface area (Å²) in [7, 11) is 0. The minimum Gasteiger partial charge on any atom is -0.484 e. The lowest BCUT2D eigenvalue weighted by Gasteiger charge is -2.16. The molecule has 0 fully saturated rings. The molecule has 0 aliphatic carbocycles. The maximum atomic E-state index is 12.8. The molecule has 31 heavy (non-hydrogen) atoms. The lowest BCUT2D eigenvalue weighted by molar-refractivity contribution is -0.118. The number of anilines is 1. The van der Waals surface area contributed by atoms with Gasteiger partial charge in [-0.25, -0.2) is 0 Å². The number of amides is 2. The fourth-order valence-corrected chi connectivity index (χ4v) is 3.19. The maximum absolute atomic E-state index is 12.8. The normalized spacial score (nSPS) is 12.7. The predicted octanol–water partition coefficient (Wildman–Crippen LogP) is 3.92. The summed E-state index contributed by atoms with van der Waals surface area (Å²) in [4.78, 5) is 25.2. The van der Waals surface area contributed by atoms with Crippen molar-refractivity contribution in [2.24, 2.45) is 0 Å². The molecule has 4 rings (SSSR count). The van der Waals surface area contributed by atoms with Crippen LogP contribution in [-0.2, 0) is 4.79 Å². The van der Waals surface area contributed by atoms with Crippen molar-refractivity contribution in [2.45, 2.75) is 13.0 Å². The molecule has 3 aromatic rings. The molecule has 0 spiro atoms. The quantitative estimate of drug-likeness (QED) is 0.607. The number of benzene rings is 3. The number of carbonyl (C=O) groups excluding carboxylic acids is 2. The first-order chi connectivity index (χ1) is 15.1. The Labute approximate surface area is 179 Å². The molecular weight excluding hydrogens is 396 g/mol. The van der Waals surface area contributed by atoms with Gasteiger partial charge < -0.3 is 24.8 Å².